The Morgan fingerprint density at radius 3 is 2.25 bits per heavy atom. The molecular formula is C32H49N3O4S. The van der Waals surface area contributed by atoms with Crippen LogP contribution in [0.3, 0.4) is 0 Å². The van der Waals surface area contributed by atoms with Crippen molar-refractivity contribution in [3.63, 3.8) is 0 Å². The molecule has 1 aliphatic carbocycles. The van der Waals surface area contributed by atoms with Gasteiger partial charge in [0.1, 0.15) is 0 Å². The number of carbonyl (C=O) groups excluding carboxylic acids is 1. The molecule has 2 heterocycles. The first-order valence-electron chi connectivity index (χ1n) is 14.7. The summed E-state index contributed by atoms with van der Waals surface area (Å²) in [7, 11) is -3.73. The first-order chi connectivity index (χ1) is 18.5. The average molecular weight is 572 g/mol. The molecule has 1 saturated carbocycles. The second-order valence-corrected chi connectivity index (χ2v) is 16.1. The number of rotatable bonds is 8. The monoisotopic (exact) mass is 571 g/mol. The third-order valence-corrected chi connectivity index (χ3v) is 9.98. The molecule has 1 aromatic carbocycles. The lowest BCUT2D eigenvalue weighted by molar-refractivity contribution is -0.0978. The van der Waals surface area contributed by atoms with Gasteiger partial charge < -0.3 is 14.6 Å². The summed E-state index contributed by atoms with van der Waals surface area (Å²) in [6.07, 6.45) is 6.17. The minimum atomic E-state index is -3.73. The van der Waals surface area contributed by atoms with E-state index in [1.807, 2.05) is 66.7 Å². The van der Waals surface area contributed by atoms with Gasteiger partial charge in [0, 0.05) is 35.4 Å². The van der Waals surface area contributed by atoms with Crippen LogP contribution in [-0.4, -0.2) is 44.2 Å². The molecule has 2 fully saturated rings. The molecule has 0 atom stereocenters. The van der Waals surface area contributed by atoms with Gasteiger partial charge in [-0.05, 0) is 81.2 Å². The van der Waals surface area contributed by atoms with Crippen LogP contribution in [0.2, 0.25) is 0 Å². The lowest BCUT2D eigenvalue weighted by Crippen LogP contribution is -2.48. The first-order valence-corrected chi connectivity index (χ1v) is 16.2. The Balaban J connectivity index is 1.77. The predicted octanol–water partition coefficient (Wildman–Crippen LogP) is 6.18. The predicted molar refractivity (Wildman–Crippen MR) is 161 cm³/mol. The Labute approximate surface area is 241 Å². The van der Waals surface area contributed by atoms with Crippen molar-refractivity contribution in [2.45, 2.75) is 110 Å². The molecular weight excluding hydrogens is 522 g/mol. The van der Waals surface area contributed by atoms with Gasteiger partial charge in [0.05, 0.1) is 23.7 Å². The minimum Gasteiger partial charge on any atom is -0.380 e. The molecule has 0 radical (unpaired) electrons. The molecule has 7 nitrogen and oxygen atoms in total. The molecule has 0 bridgehead atoms. The fourth-order valence-corrected chi connectivity index (χ4v) is 7.70. The molecule has 0 spiro atoms. The largest absolute Gasteiger partial charge is 0.380 e. The Hall–Kier alpha value is -2.16. The summed E-state index contributed by atoms with van der Waals surface area (Å²) in [5.74, 6) is 0.497. The number of sulfonamides is 1. The highest BCUT2D eigenvalue weighted by Crippen LogP contribution is 2.36. The van der Waals surface area contributed by atoms with E-state index in [2.05, 4.69) is 21.5 Å². The molecule has 8 heteroatoms. The van der Waals surface area contributed by atoms with Crippen molar-refractivity contribution in [1.29, 1.82) is 0 Å². The number of hydrogen-bond donors (Lipinski definition) is 2. The number of aromatic nitrogens is 1. The van der Waals surface area contributed by atoms with Gasteiger partial charge in [-0.15, -0.1) is 0 Å². The fourth-order valence-electron chi connectivity index (χ4n) is 5.89. The van der Waals surface area contributed by atoms with Gasteiger partial charge in [-0.3, -0.25) is 4.79 Å². The highest BCUT2D eigenvalue weighted by Gasteiger charge is 2.34. The van der Waals surface area contributed by atoms with Crippen molar-refractivity contribution < 1.29 is 17.9 Å². The van der Waals surface area contributed by atoms with Crippen molar-refractivity contribution >= 4 is 15.9 Å². The molecule has 40 heavy (non-hydrogen) atoms. The Kier molecular flexibility index (Phi) is 8.66. The maximum atomic E-state index is 13.4. The fraction of sp³-hybridized carbons (Fsp3) is 0.656. The summed E-state index contributed by atoms with van der Waals surface area (Å²) in [4.78, 5) is 13.7. The highest BCUT2D eigenvalue weighted by molar-refractivity contribution is 7.89. The van der Waals surface area contributed by atoms with Gasteiger partial charge in [-0.2, -0.15) is 0 Å². The normalized spacial score (nSPS) is 18.4. The van der Waals surface area contributed by atoms with Crippen LogP contribution in [0.15, 0.2) is 29.2 Å². The van der Waals surface area contributed by atoms with Crippen molar-refractivity contribution in [1.82, 2.24) is 14.6 Å². The number of carbonyl (C=O) groups is 1. The molecule has 1 saturated heterocycles. The molecule has 222 valence electrons. The molecule has 1 aliphatic heterocycles. The Morgan fingerprint density at radius 1 is 1.05 bits per heavy atom. The van der Waals surface area contributed by atoms with Crippen LogP contribution in [0.25, 0.3) is 11.3 Å². The molecule has 4 rings (SSSR count). The van der Waals surface area contributed by atoms with E-state index in [0.29, 0.717) is 36.1 Å². The molecule has 2 aliphatic rings. The van der Waals surface area contributed by atoms with E-state index in [4.69, 9.17) is 4.74 Å². The Morgan fingerprint density at radius 2 is 1.70 bits per heavy atom. The van der Waals surface area contributed by atoms with Crippen LogP contribution in [-0.2, 0) is 26.7 Å². The number of hydrogen-bond acceptors (Lipinski definition) is 4. The number of ether oxygens (including phenoxy) is 1. The van der Waals surface area contributed by atoms with Crippen LogP contribution >= 0.6 is 0 Å². The Bertz CT molecular complexity index is 1340. The van der Waals surface area contributed by atoms with E-state index in [9.17, 15) is 13.2 Å². The first kappa shape index (κ1) is 30.8. The number of nitrogens with zero attached hydrogens (tertiary/aromatic N) is 1. The number of amides is 1. The van der Waals surface area contributed by atoms with Gasteiger partial charge >= 0.3 is 0 Å². The maximum absolute atomic E-state index is 13.4. The summed E-state index contributed by atoms with van der Waals surface area (Å²) in [5.41, 5.74) is 3.27. The zero-order chi connectivity index (χ0) is 29.5. The van der Waals surface area contributed by atoms with Gasteiger partial charge in [-0.1, -0.05) is 53.0 Å². The summed E-state index contributed by atoms with van der Waals surface area (Å²) in [6, 6.07) is 7.63. The molecule has 2 aromatic rings. The van der Waals surface area contributed by atoms with Gasteiger partial charge in [-0.25, -0.2) is 13.1 Å². The summed E-state index contributed by atoms with van der Waals surface area (Å²) in [6.45, 7) is 18.6. The standard InChI is InChI=1S/C32H49N3O4S/c1-22-25(29(36)33-19-32(8)20-39-21-32)17-27(35(22)18-23-12-10-9-11-13-23)24-14-15-28(26(16-24)30(2,3)4)40(37,38)34-31(5,6)7/h14-17,23,34H,9-13,18-21H2,1-8H3,(H,33,36). The second kappa shape index (κ2) is 11.3. The van der Waals surface area contributed by atoms with Crippen molar-refractivity contribution in [2.75, 3.05) is 19.8 Å². The second-order valence-electron chi connectivity index (χ2n) is 14.4. The van der Waals surface area contributed by atoms with E-state index in [1.165, 1.54) is 32.1 Å². The smallest absolute Gasteiger partial charge is 0.253 e. The highest BCUT2D eigenvalue weighted by atomic mass is 32.2. The van der Waals surface area contributed by atoms with Crippen molar-refractivity contribution in [3.8, 4) is 11.3 Å². The average Bonchev–Trinajstić information content (AvgIpc) is 3.15. The zero-order valence-electron chi connectivity index (χ0n) is 25.7. The summed E-state index contributed by atoms with van der Waals surface area (Å²) >= 11 is 0. The number of nitrogens with one attached hydrogen (secondary N) is 2. The molecule has 2 N–H and O–H groups in total. The topological polar surface area (TPSA) is 89.4 Å². The maximum Gasteiger partial charge on any atom is 0.253 e. The van der Waals surface area contributed by atoms with Crippen LogP contribution in [0.1, 0.15) is 102 Å². The SMILES string of the molecule is Cc1c(C(=O)NCC2(C)COC2)cc(-c2ccc(S(=O)(=O)NC(C)(C)C)c(C(C)(C)C)c2)n1CC1CCCCC1. The van der Waals surface area contributed by atoms with Crippen LogP contribution in [0, 0.1) is 18.3 Å². The van der Waals surface area contributed by atoms with E-state index in [0.717, 1.165) is 29.1 Å². The lowest BCUT2D eigenvalue weighted by atomic mass is 9.85. The summed E-state index contributed by atoms with van der Waals surface area (Å²) in [5, 5.41) is 3.14. The third-order valence-electron chi connectivity index (χ3n) is 8.17. The van der Waals surface area contributed by atoms with Crippen molar-refractivity contribution in [3.05, 3.63) is 41.1 Å². The zero-order valence-corrected chi connectivity index (χ0v) is 26.6. The summed E-state index contributed by atoms with van der Waals surface area (Å²) < 4.78 is 37.4. The quantitative estimate of drug-likeness (QED) is 0.396. The van der Waals surface area contributed by atoms with E-state index < -0.39 is 21.0 Å². The minimum absolute atomic E-state index is 0.0128. The molecule has 1 aromatic heterocycles. The van der Waals surface area contributed by atoms with E-state index >= 15 is 0 Å². The van der Waals surface area contributed by atoms with Crippen LogP contribution < -0.4 is 10.0 Å². The molecule has 0 unspecified atom stereocenters. The lowest BCUT2D eigenvalue weighted by Gasteiger charge is -2.38. The van der Waals surface area contributed by atoms with Crippen LogP contribution in [0.5, 0.6) is 0 Å². The van der Waals surface area contributed by atoms with Gasteiger partial charge in [0.2, 0.25) is 10.0 Å². The van der Waals surface area contributed by atoms with Gasteiger partial charge in [0.25, 0.3) is 5.91 Å². The third kappa shape index (κ3) is 7.00. The van der Waals surface area contributed by atoms with Crippen molar-refractivity contribution in [2.24, 2.45) is 11.3 Å². The van der Waals surface area contributed by atoms with E-state index in [-0.39, 0.29) is 11.3 Å². The van der Waals surface area contributed by atoms with Gasteiger partial charge in [0.15, 0.2) is 0 Å². The molecule has 1 amide bonds. The van der Waals surface area contributed by atoms with E-state index in [1.54, 1.807) is 6.07 Å². The van der Waals surface area contributed by atoms with Crippen LogP contribution in [0.4, 0.5) is 0 Å². The number of benzene rings is 1.